The lowest BCUT2D eigenvalue weighted by molar-refractivity contribution is 0.415. The fourth-order valence-electron chi connectivity index (χ4n) is 1.50. The number of ether oxygens (including phenoxy) is 1. The second-order valence-electron chi connectivity index (χ2n) is 3.56. The van der Waals surface area contributed by atoms with Crippen LogP contribution in [0.2, 0.25) is 5.15 Å². The predicted molar refractivity (Wildman–Crippen MR) is 75.8 cm³/mol. The zero-order valence-electron chi connectivity index (χ0n) is 9.89. The summed E-state index contributed by atoms with van der Waals surface area (Å²) in [5.41, 5.74) is 0.978. The number of rotatable bonds is 3. The number of halogens is 2. The zero-order valence-corrected chi connectivity index (χ0v) is 12.2. The quantitative estimate of drug-likeness (QED) is 0.806. The Kier molecular flexibility index (Phi) is 4.04. The molecule has 0 amide bonds. The smallest absolute Gasteiger partial charge is 0.152 e. The van der Waals surface area contributed by atoms with Crippen molar-refractivity contribution in [1.29, 1.82) is 0 Å². The van der Waals surface area contributed by atoms with E-state index in [0.717, 1.165) is 11.4 Å². The largest absolute Gasteiger partial charge is 0.497 e. The Bertz CT molecular complexity index is 548. The average molecular weight is 329 g/mol. The molecule has 0 spiro atoms. The maximum absolute atomic E-state index is 5.95. The summed E-state index contributed by atoms with van der Waals surface area (Å²) in [6.45, 7) is 0. The molecule has 94 valence electrons. The van der Waals surface area contributed by atoms with E-state index in [-0.39, 0.29) is 0 Å². The summed E-state index contributed by atoms with van der Waals surface area (Å²) in [5, 5.41) is 0.389. The number of methoxy groups -OCH3 is 1. The van der Waals surface area contributed by atoms with Gasteiger partial charge in [-0.1, -0.05) is 11.6 Å². The van der Waals surface area contributed by atoms with Gasteiger partial charge in [0, 0.05) is 12.7 Å². The molecule has 0 saturated heterocycles. The van der Waals surface area contributed by atoms with Crippen LogP contribution in [0.15, 0.2) is 35.1 Å². The summed E-state index contributed by atoms with van der Waals surface area (Å²) in [4.78, 5) is 10.0. The second-order valence-corrected chi connectivity index (χ2v) is 4.71. The molecule has 0 N–H and O–H groups in total. The third-order valence-electron chi connectivity index (χ3n) is 2.51. The highest BCUT2D eigenvalue weighted by Crippen LogP contribution is 2.32. The van der Waals surface area contributed by atoms with Crippen molar-refractivity contribution in [1.82, 2.24) is 9.97 Å². The Morgan fingerprint density at radius 3 is 2.50 bits per heavy atom. The Labute approximate surface area is 119 Å². The molecule has 0 unspecified atom stereocenters. The molecule has 6 heteroatoms. The molecular formula is C12H11BrClN3O. The van der Waals surface area contributed by atoms with Crippen LogP contribution in [0, 0.1) is 0 Å². The fourth-order valence-corrected chi connectivity index (χ4v) is 2.10. The van der Waals surface area contributed by atoms with Crippen molar-refractivity contribution in [3.63, 3.8) is 0 Å². The molecule has 18 heavy (non-hydrogen) atoms. The Hall–Kier alpha value is -1.33. The first-order chi connectivity index (χ1) is 8.63. The first kappa shape index (κ1) is 13.1. The lowest BCUT2D eigenvalue weighted by Gasteiger charge is -2.19. The summed E-state index contributed by atoms with van der Waals surface area (Å²) in [7, 11) is 3.55. The van der Waals surface area contributed by atoms with Gasteiger partial charge in [0.2, 0.25) is 0 Å². The van der Waals surface area contributed by atoms with Gasteiger partial charge in [0.1, 0.15) is 17.2 Å². The van der Waals surface area contributed by atoms with E-state index in [1.807, 2.05) is 36.2 Å². The van der Waals surface area contributed by atoms with Crippen LogP contribution in [0.4, 0.5) is 11.5 Å². The van der Waals surface area contributed by atoms with Crippen LogP contribution in [-0.2, 0) is 0 Å². The van der Waals surface area contributed by atoms with Gasteiger partial charge < -0.3 is 9.64 Å². The van der Waals surface area contributed by atoms with E-state index in [0.29, 0.717) is 15.4 Å². The van der Waals surface area contributed by atoms with Crippen LogP contribution < -0.4 is 9.64 Å². The lowest BCUT2D eigenvalue weighted by Crippen LogP contribution is -2.12. The maximum atomic E-state index is 5.95. The number of hydrogen-bond donors (Lipinski definition) is 0. The third kappa shape index (κ3) is 2.57. The lowest BCUT2D eigenvalue weighted by atomic mass is 10.3. The molecule has 0 aliphatic carbocycles. The molecule has 0 saturated carbocycles. The molecular weight excluding hydrogens is 318 g/mol. The minimum absolute atomic E-state index is 0.389. The minimum atomic E-state index is 0.389. The van der Waals surface area contributed by atoms with Gasteiger partial charge in [-0.2, -0.15) is 0 Å². The molecule has 4 nitrogen and oxygen atoms in total. The van der Waals surface area contributed by atoms with Crippen molar-refractivity contribution in [3.05, 3.63) is 40.2 Å². The van der Waals surface area contributed by atoms with Crippen LogP contribution in [0.3, 0.4) is 0 Å². The highest BCUT2D eigenvalue weighted by atomic mass is 79.9. The number of aromatic nitrogens is 2. The zero-order chi connectivity index (χ0) is 13.1. The molecule has 0 bridgehead atoms. The van der Waals surface area contributed by atoms with E-state index in [4.69, 9.17) is 16.3 Å². The van der Waals surface area contributed by atoms with Gasteiger partial charge in [-0.25, -0.2) is 9.97 Å². The molecule has 2 aromatic rings. The van der Waals surface area contributed by atoms with Gasteiger partial charge >= 0.3 is 0 Å². The Morgan fingerprint density at radius 2 is 1.89 bits per heavy atom. The number of benzene rings is 1. The van der Waals surface area contributed by atoms with Crippen molar-refractivity contribution in [2.24, 2.45) is 0 Å². The molecule has 1 aromatic heterocycles. The summed E-state index contributed by atoms with van der Waals surface area (Å²) in [6, 6.07) is 7.67. The molecule has 0 aliphatic heterocycles. The molecule has 0 atom stereocenters. The van der Waals surface area contributed by atoms with Crippen LogP contribution >= 0.6 is 27.5 Å². The van der Waals surface area contributed by atoms with Crippen LogP contribution in [-0.4, -0.2) is 24.1 Å². The van der Waals surface area contributed by atoms with E-state index in [1.54, 1.807) is 7.11 Å². The normalized spacial score (nSPS) is 10.2. The van der Waals surface area contributed by atoms with Gasteiger partial charge in [-0.05, 0) is 40.2 Å². The van der Waals surface area contributed by atoms with Crippen LogP contribution in [0.1, 0.15) is 0 Å². The highest BCUT2D eigenvalue weighted by Gasteiger charge is 2.12. The average Bonchev–Trinajstić information content (AvgIpc) is 2.41. The van der Waals surface area contributed by atoms with Gasteiger partial charge in [0.25, 0.3) is 0 Å². The van der Waals surface area contributed by atoms with Gasteiger partial charge in [0.05, 0.1) is 11.6 Å². The minimum Gasteiger partial charge on any atom is -0.497 e. The summed E-state index contributed by atoms with van der Waals surface area (Å²) >= 11 is 9.33. The van der Waals surface area contributed by atoms with E-state index < -0.39 is 0 Å². The standard InChI is InChI=1S/C12H11BrClN3O/c1-17(8-3-5-9(18-2)6-4-8)12-10(13)11(14)15-7-16-12/h3-7H,1-2H3. The van der Waals surface area contributed by atoms with Crippen LogP contribution in [0.5, 0.6) is 5.75 Å². The summed E-state index contributed by atoms with van der Waals surface area (Å²) in [6.07, 6.45) is 1.43. The number of hydrogen-bond acceptors (Lipinski definition) is 4. The monoisotopic (exact) mass is 327 g/mol. The maximum Gasteiger partial charge on any atom is 0.152 e. The van der Waals surface area contributed by atoms with Crippen molar-refractivity contribution < 1.29 is 4.74 Å². The number of nitrogens with zero attached hydrogens (tertiary/aromatic N) is 3. The highest BCUT2D eigenvalue weighted by molar-refractivity contribution is 9.10. The van der Waals surface area contributed by atoms with Gasteiger partial charge in [-0.3, -0.25) is 0 Å². The van der Waals surface area contributed by atoms with E-state index in [1.165, 1.54) is 6.33 Å². The SMILES string of the molecule is COc1ccc(N(C)c2ncnc(Cl)c2Br)cc1. The third-order valence-corrected chi connectivity index (χ3v) is 3.75. The van der Waals surface area contributed by atoms with Crippen molar-refractivity contribution in [2.75, 3.05) is 19.1 Å². The van der Waals surface area contributed by atoms with E-state index in [9.17, 15) is 0 Å². The molecule has 0 aliphatic rings. The Morgan fingerprint density at radius 1 is 1.22 bits per heavy atom. The van der Waals surface area contributed by atoms with Crippen molar-refractivity contribution in [3.8, 4) is 5.75 Å². The van der Waals surface area contributed by atoms with Crippen molar-refractivity contribution >= 4 is 39.0 Å². The first-order valence-corrected chi connectivity index (χ1v) is 6.34. The predicted octanol–water partition coefficient (Wildman–Crippen LogP) is 3.67. The topological polar surface area (TPSA) is 38.2 Å². The molecule has 2 rings (SSSR count). The molecule has 0 radical (unpaired) electrons. The number of anilines is 2. The first-order valence-electron chi connectivity index (χ1n) is 5.17. The molecule has 1 heterocycles. The fraction of sp³-hybridized carbons (Fsp3) is 0.167. The molecule has 1 aromatic carbocycles. The van der Waals surface area contributed by atoms with Gasteiger partial charge in [0.15, 0.2) is 5.82 Å². The van der Waals surface area contributed by atoms with Gasteiger partial charge in [-0.15, -0.1) is 0 Å². The Balaban J connectivity index is 2.35. The summed E-state index contributed by atoms with van der Waals surface area (Å²) < 4.78 is 5.79. The van der Waals surface area contributed by atoms with E-state index in [2.05, 4.69) is 25.9 Å². The van der Waals surface area contributed by atoms with Crippen molar-refractivity contribution in [2.45, 2.75) is 0 Å². The molecule has 0 fully saturated rings. The van der Waals surface area contributed by atoms with E-state index >= 15 is 0 Å². The van der Waals surface area contributed by atoms with Crippen LogP contribution in [0.25, 0.3) is 0 Å². The second kappa shape index (κ2) is 5.54. The summed E-state index contributed by atoms with van der Waals surface area (Å²) in [5.74, 6) is 1.52.